The molecule has 0 saturated carbocycles. The van der Waals surface area contributed by atoms with E-state index in [4.69, 9.17) is 4.74 Å². The van der Waals surface area contributed by atoms with Crippen LogP contribution in [0.25, 0.3) is 0 Å². The molecule has 2 aliphatic heterocycles. The zero-order valence-electron chi connectivity index (χ0n) is 17.8. The zero-order valence-corrected chi connectivity index (χ0v) is 18.7. The van der Waals surface area contributed by atoms with E-state index in [0.717, 1.165) is 36.3 Å². The van der Waals surface area contributed by atoms with Crippen LogP contribution in [0.2, 0.25) is 0 Å². The Morgan fingerprint density at radius 1 is 0.969 bits per heavy atom. The summed E-state index contributed by atoms with van der Waals surface area (Å²) >= 11 is 0. The molecule has 0 spiro atoms. The molecule has 9 heteroatoms. The number of ether oxygens (including phenoxy) is 1. The molecular formula is C23H26F2N2O4S. The topological polar surface area (TPSA) is 66.9 Å². The first-order valence-electron chi connectivity index (χ1n) is 10.7. The third kappa shape index (κ3) is 4.36. The highest BCUT2D eigenvalue weighted by molar-refractivity contribution is 7.89. The summed E-state index contributed by atoms with van der Waals surface area (Å²) in [7, 11) is -2.33. The number of methoxy groups -OCH3 is 1. The molecule has 0 N–H and O–H groups in total. The number of sulfonamides is 1. The van der Waals surface area contributed by atoms with Gasteiger partial charge in [-0.15, -0.1) is 0 Å². The predicted octanol–water partition coefficient (Wildman–Crippen LogP) is 3.74. The summed E-state index contributed by atoms with van der Waals surface area (Å²) in [5.74, 6) is -1.74. The van der Waals surface area contributed by atoms with Crippen molar-refractivity contribution in [2.75, 3.05) is 26.7 Å². The number of hydrogen-bond acceptors (Lipinski definition) is 4. The average molecular weight is 465 g/mol. The SMILES string of the molecule is COc1ccc([C@H]2CCCN2C(=O)C2CCN(S(=O)(=O)c3ccc(F)c(F)c3)CC2)cc1. The Morgan fingerprint density at radius 3 is 2.28 bits per heavy atom. The smallest absolute Gasteiger partial charge is 0.243 e. The number of halogens is 2. The molecule has 2 aromatic carbocycles. The van der Waals surface area contributed by atoms with Gasteiger partial charge < -0.3 is 9.64 Å². The first kappa shape index (κ1) is 22.7. The van der Waals surface area contributed by atoms with E-state index in [1.807, 2.05) is 29.2 Å². The Bertz CT molecular complexity index is 1080. The molecule has 0 aliphatic carbocycles. The minimum atomic E-state index is -3.94. The quantitative estimate of drug-likeness (QED) is 0.676. The Labute approximate surface area is 186 Å². The number of hydrogen-bond donors (Lipinski definition) is 0. The second-order valence-electron chi connectivity index (χ2n) is 8.22. The van der Waals surface area contributed by atoms with Crippen LogP contribution < -0.4 is 4.74 Å². The average Bonchev–Trinajstić information content (AvgIpc) is 3.30. The van der Waals surface area contributed by atoms with Crippen LogP contribution >= 0.6 is 0 Å². The van der Waals surface area contributed by atoms with E-state index in [0.29, 0.717) is 25.5 Å². The summed E-state index contributed by atoms with van der Waals surface area (Å²) in [4.78, 5) is 14.9. The van der Waals surface area contributed by atoms with Crippen molar-refractivity contribution in [1.82, 2.24) is 9.21 Å². The van der Waals surface area contributed by atoms with Crippen LogP contribution in [0.15, 0.2) is 47.4 Å². The van der Waals surface area contributed by atoms with Gasteiger partial charge in [0.05, 0.1) is 18.0 Å². The Hall–Kier alpha value is -2.52. The molecule has 0 unspecified atom stereocenters. The fraction of sp³-hybridized carbons (Fsp3) is 0.435. The van der Waals surface area contributed by atoms with Gasteiger partial charge in [-0.3, -0.25) is 4.79 Å². The van der Waals surface area contributed by atoms with Gasteiger partial charge in [0.25, 0.3) is 0 Å². The number of carbonyl (C=O) groups is 1. The van der Waals surface area contributed by atoms with Crippen LogP contribution in [0, 0.1) is 17.6 Å². The van der Waals surface area contributed by atoms with Crippen LogP contribution in [-0.2, 0) is 14.8 Å². The van der Waals surface area contributed by atoms with Gasteiger partial charge in [0.15, 0.2) is 11.6 Å². The molecule has 6 nitrogen and oxygen atoms in total. The van der Waals surface area contributed by atoms with Gasteiger partial charge in [0.2, 0.25) is 15.9 Å². The highest BCUT2D eigenvalue weighted by Crippen LogP contribution is 2.35. The molecule has 2 aromatic rings. The standard InChI is InChI=1S/C23H26F2N2O4S/c1-31-18-6-4-16(5-7-18)22-3-2-12-27(22)23(28)17-10-13-26(14-11-17)32(29,30)19-8-9-20(24)21(25)15-19/h4-9,15,17,22H,2-3,10-14H2,1H3/t22-/m1/s1. The van der Waals surface area contributed by atoms with Gasteiger partial charge in [-0.05, 0) is 61.6 Å². The van der Waals surface area contributed by atoms with Crippen molar-refractivity contribution in [3.05, 3.63) is 59.7 Å². The third-order valence-corrected chi connectivity index (χ3v) is 8.26. The van der Waals surface area contributed by atoms with Gasteiger partial charge in [0.1, 0.15) is 5.75 Å². The molecule has 0 bridgehead atoms. The van der Waals surface area contributed by atoms with Crippen molar-refractivity contribution in [1.29, 1.82) is 0 Å². The first-order chi connectivity index (χ1) is 15.3. The second kappa shape index (κ2) is 9.15. The summed E-state index contributed by atoms with van der Waals surface area (Å²) in [5, 5.41) is 0. The Balaban J connectivity index is 1.42. The zero-order chi connectivity index (χ0) is 22.9. The Kier molecular flexibility index (Phi) is 6.48. The summed E-state index contributed by atoms with van der Waals surface area (Å²) in [6, 6.07) is 10.3. The van der Waals surface area contributed by atoms with E-state index in [1.165, 1.54) is 4.31 Å². The van der Waals surface area contributed by atoms with E-state index in [2.05, 4.69) is 0 Å². The fourth-order valence-corrected chi connectivity index (χ4v) is 6.05. The first-order valence-corrected chi connectivity index (χ1v) is 12.1. The van der Waals surface area contributed by atoms with Gasteiger partial charge in [-0.1, -0.05) is 12.1 Å². The van der Waals surface area contributed by atoms with Gasteiger partial charge in [0, 0.05) is 25.6 Å². The number of nitrogens with zero attached hydrogens (tertiary/aromatic N) is 2. The number of likely N-dealkylation sites (tertiary alicyclic amines) is 1. The van der Waals surface area contributed by atoms with E-state index in [-0.39, 0.29) is 35.9 Å². The second-order valence-corrected chi connectivity index (χ2v) is 10.2. The highest BCUT2D eigenvalue weighted by Gasteiger charge is 2.37. The van der Waals surface area contributed by atoms with Crippen LogP contribution in [0.1, 0.15) is 37.3 Å². The molecule has 4 rings (SSSR count). The van der Waals surface area contributed by atoms with Crippen molar-refractivity contribution in [3.63, 3.8) is 0 Å². The van der Waals surface area contributed by atoms with Crippen LogP contribution in [0.3, 0.4) is 0 Å². The predicted molar refractivity (Wildman–Crippen MR) is 115 cm³/mol. The molecule has 0 aromatic heterocycles. The minimum Gasteiger partial charge on any atom is -0.497 e. The lowest BCUT2D eigenvalue weighted by Gasteiger charge is -2.34. The Morgan fingerprint density at radius 2 is 1.66 bits per heavy atom. The van der Waals surface area contributed by atoms with Gasteiger partial charge >= 0.3 is 0 Å². The third-order valence-electron chi connectivity index (χ3n) is 6.37. The maximum absolute atomic E-state index is 13.5. The van der Waals surface area contributed by atoms with Crippen LogP contribution in [-0.4, -0.2) is 50.3 Å². The highest BCUT2D eigenvalue weighted by atomic mass is 32.2. The lowest BCUT2D eigenvalue weighted by Crippen LogP contribution is -2.44. The molecular weight excluding hydrogens is 438 g/mol. The fourth-order valence-electron chi connectivity index (χ4n) is 4.57. The molecule has 2 heterocycles. The molecule has 32 heavy (non-hydrogen) atoms. The molecule has 2 fully saturated rings. The van der Waals surface area contributed by atoms with Crippen LogP contribution in [0.5, 0.6) is 5.75 Å². The molecule has 172 valence electrons. The lowest BCUT2D eigenvalue weighted by molar-refractivity contribution is -0.137. The molecule has 0 radical (unpaired) electrons. The van der Waals surface area contributed by atoms with Crippen molar-refractivity contribution >= 4 is 15.9 Å². The van der Waals surface area contributed by atoms with Crippen molar-refractivity contribution < 1.29 is 26.7 Å². The maximum Gasteiger partial charge on any atom is 0.243 e. The normalized spacial score (nSPS) is 20.5. The van der Waals surface area contributed by atoms with Crippen LogP contribution in [0.4, 0.5) is 8.78 Å². The van der Waals surface area contributed by atoms with Gasteiger partial charge in [-0.2, -0.15) is 4.31 Å². The summed E-state index contributed by atoms with van der Waals surface area (Å²) in [5.41, 5.74) is 1.06. The van der Waals surface area contributed by atoms with Gasteiger partial charge in [-0.25, -0.2) is 17.2 Å². The molecule has 1 atom stereocenters. The number of piperidine rings is 1. The largest absolute Gasteiger partial charge is 0.497 e. The van der Waals surface area contributed by atoms with Crippen molar-refractivity contribution in [2.45, 2.75) is 36.6 Å². The van der Waals surface area contributed by atoms with E-state index in [9.17, 15) is 22.0 Å². The van der Waals surface area contributed by atoms with Crippen molar-refractivity contribution in [3.8, 4) is 5.75 Å². The number of amides is 1. The van der Waals surface area contributed by atoms with E-state index < -0.39 is 21.7 Å². The summed E-state index contributed by atoms with van der Waals surface area (Å²) in [6.45, 7) is 1.01. The molecule has 2 saturated heterocycles. The minimum absolute atomic E-state index is 0.0114. The number of carbonyl (C=O) groups excluding carboxylic acids is 1. The lowest BCUT2D eigenvalue weighted by atomic mass is 9.95. The van der Waals surface area contributed by atoms with Crippen molar-refractivity contribution in [2.24, 2.45) is 5.92 Å². The van der Waals surface area contributed by atoms with E-state index in [1.54, 1.807) is 7.11 Å². The molecule has 2 aliphatic rings. The van der Waals surface area contributed by atoms with E-state index >= 15 is 0 Å². The maximum atomic E-state index is 13.5. The number of benzene rings is 2. The number of rotatable bonds is 5. The molecule has 1 amide bonds. The monoisotopic (exact) mass is 464 g/mol. The summed E-state index contributed by atoms with van der Waals surface area (Å²) < 4.78 is 58.8. The summed E-state index contributed by atoms with van der Waals surface area (Å²) in [6.07, 6.45) is 2.61.